The van der Waals surface area contributed by atoms with Crippen LogP contribution in [-0.4, -0.2) is 38.8 Å². The number of hydrogen-bond donors (Lipinski definition) is 1. The molecule has 4 nitrogen and oxygen atoms in total. The van der Waals surface area contributed by atoms with E-state index < -0.39 is 0 Å². The van der Waals surface area contributed by atoms with E-state index in [-0.39, 0.29) is 6.04 Å². The Morgan fingerprint density at radius 2 is 1.86 bits per heavy atom. The Kier molecular flexibility index (Phi) is 5.48. The third-order valence-electron chi connectivity index (χ3n) is 4.36. The number of likely N-dealkylation sites (tertiary alicyclic amines) is 1. The molecular formula is C17H28N2O2. The average molecular weight is 292 g/mol. The van der Waals surface area contributed by atoms with Crippen molar-refractivity contribution in [1.29, 1.82) is 0 Å². The summed E-state index contributed by atoms with van der Waals surface area (Å²) in [6.45, 7) is 7.40. The largest absolute Gasteiger partial charge is 0.497 e. The number of hydrogen-bond acceptors (Lipinski definition) is 4. The van der Waals surface area contributed by atoms with Crippen LogP contribution in [-0.2, 0) is 0 Å². The van der Waals surface area contributed by atoms with Gasteiger partial charge in [-0.2, -0.15) is 0 Å². The van der Waals surface area contributed by atoms with Crippen LogP contribution in [0.5, 0.6) is 11.5 Å². The van der Waals surface area contributed by atoms with Crippen LogP contribution >= 0.6 is 0 Å². The number of rotatable bonds is 5. The zero-order valence-corrected chi connectivity index (χ0v) is 13.6. The maximum atomic E-state index is 6.10. The summed E-state index contributed by atoms with van der Waals surface area (Å²) in [5.41, 5.74) is 7.23. The van der Waals surface area contributed by atoms with Crippen LogP contribution in [0, 0.1) is 11.8 Å². The van der Waals surface area contributed by atoms with E-state index in [1.165, 1.54) is 6.42 Å². The molecule has 1 aliphatic rings. The van der Waals surface area contributed by atoms with Crippen LogP contribution in [0.3, 0.4) is 0 Å². The van der Waals surface area contributed by atoms with Crippen molar-refractivity contribution in [2.24, 2.45) is 17.6 Å². The highest BCUT2D eigenvalue weighted by Gasteiger charge is 2.29. The molecule has 0 aliphatic carbocycles. The minimum atomic E-state index is 0.181. The molecule has 0 radical (unpaired) electrons. The fourth-order valence-electron chi connectivity index (χ4n) is 3.54. The van der Waals surface area contributed by atoms with Gasteiger partial charge in [-0.1, -0.05) is 13.8 Å². The summed E-state index contributed by atoms with van der Waals surface area (Å²) < 4.78 is 10.9. The third-order valence-corrected chi connectivity index (χ3v) is 4.36. The number of nitrogens with zero attached hydrogens (tertiary/aromatic N) is 1. The lowest BCUT2D eigenvalue weighted by atomic mass is 9.89. The molecule has 1 aliphatic heterocycles. The molecule has 3 atom stereocenters. The van der Waals surface area contributed by atoms with Crippen LogP contribution in [0.15, 0.2) is 18.2 Å². The van der Waals surface area contributed by atoms with Gasteiger partial charge in [-0.15, -0.1) is 0 Å². The molecule has 1 aromatic carbocycles. The van der Waals surface area contributed by atoms with E-state index in [0.717, 1.165) is 30.2 Å². The average Bonchev–Trinajstić information content (AvgIpc) is 2.47. The summed E-state index contributed by atoms with van der Waals surface area (Å²) in [5, 5.41) is 0. The van der Waals surface area contributed by atoms with Gasteiger partial charge in [0.1, 0.15) is 11.5 Å². The monoisotopic (exact) mass is 292 g/mol. The lowest BCUT2D eigenvalue weighted by molar-refractivity contribution is 0.0970. The summed E-state index contributed by atoms with van der Waals surface area (Å²) >= 11 is 0. The normalized spacial score (nSPS) is 24.6. The van der Waals surface area contributed by atoms with E-state index in [2.05, 4.69) is 24.8 Å². The predicted octanol–water partition coefficient (Wildman–Crippen LogP) is 2.68. The number of ether oxygens (including phenoxy) is 2. The maximum Gasteiger partial charge on any atom is 0.123 e. The first-order valence-electron chi connectivity index (χ1n) is 7.75. The Morgan fingerprint density at radius 3 is 2.38 bits per heavy atom. The van der Waals surface area contributed by atoms with Gasteiger partial charge in [0.15, 0.2) is 0 Å². The fourth-order valence-corrected chi connectivity index (χ4v) is 3.54. The van der Waals surface area contributed by atoms with Gasteiger partial charge in [-0.3, -0.25) is 4.90 Å². The zero-order valence-electron chi connectivity index (χ0n) is 13.6. The SMILES string of the molecule is COc1ccc(OC)c(C(CN)N2C[C@H](C)C[C@H](C)C2)c1. The second-order valence-corrected chi connectivity index (χ2v) is 6.26. The predicted molar refractivity (Wildman–Crippen MR) is 85.9 cm³/mol. The molecule has 2 N–H and O–H groups in total. The summed E-state index contributed by atoms with van der Waals surface area (Å²) in [4.78, 5) is 2.50. The first kappa shape index (κ1) is 16.1. The summed E-state index contributed by atoms with van der Waals surface area (Å²) in [6.07, 6.45) is 1.29. The molecule has 0 aromatic heterocycles. The van der Waals surface area contributed by atoms with Crippen molar-refractivity contribution in [2.75, 3.05) is 33.9 Å². The molecule has 0 amide bonds. The second kappa shape index (κ2) is 7.14. The molecule has 4 heteroatoms. The molecule has 1 unspecified atom stereocenters. The molecule has 1 saturated heterocycles. The first-order valence-corrected chi connectivity index (χ1v) is 7.75. The zero-order chi connectivity index (χ0) is 15.4. The molecule has 0 bridgehead atoms. The highest BCUT2D eigenvalue weighted by Crippen LogP contribution is 2.35. The van der Waals surface area contributed by atoms with Crippen LogP contribution in [0.1, 0.15) is 31.9 Å². The van der Waals surface area contributed by atoms with Crippen molar-refractivity contribution in [3.63, 3.8) is 0 Å². The highest BCUT2D eigenvalue weighted by molar-refractivity contribution is 5.42. The van der Waals surface area contributed by atoms with Crippen LogP contribution in [0.4, 0.5) is 0 Å². The first-order chi connectivity index (χ1) is 10.1. The van der Waals surface area contributed by atoms with E-state index in [9.17, 15) is 0 Å². The van der Waals surface area contributed by atoms with Crippen molar-refractivity contribution < 1.29 is 9.47 Å². The number of piperidine rings is 1. The quantitative estimate of drug-likeness (QED) is 0.906. The van der Waals surface area contributed by atoms with Crippen molar-refractivity contribution in [3.8, 4) is 11.5 Å². The Morgan fingerprint density at radius 1 is 1.19 bits per heavy atom. The lowest BCUT2D eigenvalue weighted by Gasteiger charge is -2.40. The van der Waals surface area contributed by atoms with Crippen LogP contribution in [0.2, 0.25) is 0 Å². The van der Waals surface area contributed by atoms with Gasteiger partial charge in [0, 0.05) is 25.2 Å². The minimum Gasteiger partial charge on any atom is -0.497 e. The summed E-state index contributed by atoms with van der Waals surface area (Å²) in [5.74, 6) is 3.15. The Labute approximate surface area is 128 Å². The number of nitrogens with two attached hydrogens (primary N) is 1. The molecule has 0 saturated carbocycles. The Balaban J connectivity index is 2.31. The second-order valence-electron chi connectivity index (χ2n) is 6.26. The van der Waals surface area contributed by atoms with E-state index in [1.54, 1.807) is 14.2 Å². The van der Waals surface area contributed by atoms with Crippen molar-refractivity contribution in [2.45, 2.75) is 26.3 Å². The molecule has 1 fully saturated rings. The van der Waals surface area contributed by atoms with E-state index >= 15 is 0 Å². The standard InChI is InChI=1S/C17H28N2O2/c1-12-7-13(2)11-19(10-12)16(9-18)15-8-14(20-3)5-6-17(15)21-4/h5-6,8,12-13,16H,7,9-11,18H2,1-4H3/t12-,13+,16?. The van der Waals surface area contributed by atoms with Crippen LogP contribution in [0.25, 0.3) is 0 Å². The lowest BCUT2D eigenvalue weighted by Crippen LogP contribution is -2.43. The van der Waals surface area contributed by atoms with Gasteiger partial charge in [0.2, 0.25) is 0 Å². The van der Waals surface area contributed by atoms with Gasteiger partial charge >= 0.3 is 0 Å². The maximum absolute atomic E-state index is 6.10. The highest BCUT2D eigenvalue weighted by atomic mass is 16.5. The number of methoxy groups -OCH3 is 2. The van der Waals surface area contributed by atoms with E-state index in [4.69, 9.17) is 15.2 Å². The van der Waals surface area contributed by atoms with Gasteiger partial charge in [0.05, 0.1) is 20.3 Å². The fraction of sp³-hybridized carbons (Fsp3) is 0.647. The van der Waals surface area contributed by atoms with Gasteiger partial charge < -0.3 is 15.2 Å². The van der Waals surface area contributed by atoms with Gasteiger partial charge in [0.25, 0.3) is 0 Å². The molecule has 2 rings (SSSR count). The Hall–Kier alpha value is -1.26. The van der Waals surface area contributed by atoms with Crippen molar-refractivity contribution in [1.82, 2.24) is 4.90 Å². The molecule has 118 valence electrons. The van der Waals surface area contributed by atoms with Gasteiger partial charge in [-0.25, -0.2) is 0 Å². The molecular weight excluding hydrogens is 264 g/mol. The van der Waals surface area contributed by atoms with Crippen molar-refractivity contribution >= 4 is 0 Å². The van der Waals surface area contributed by atoms with Crippen LogP contribution < -0.4 is 15.2 Å². The molecule has 21 heavy (non-hydrogen) atoms. The smallest absolute Gasteiger partial charge is 0.123 e. The summed E-state index contributed by atoms with van der Waals surface area (Å²) in [7, 11) is 3.40. The summed E-state index contributed by atoms with van der Waals surface area (Å²) in [6, 6.07) is 6.13. The molecule has 1 heterocycles. The van der Waals surface area contributed by atoms with Gasteiger partial charge in [-0.05, 0) is 36.5 Å². The minimum absolute atomic E-state index is 0.181. The molecule has 1 aromatic rings. The van der Waals surface area contributed by atoms with Crippen molar-refractivity contribution in [3.05, 3.63) is 23.8 Å². The third kappa shape index (κ3) is 3.69. The number of benzene rings is 1. The Bertz CT molecular complexity index is 454. The molecule has 0 spiro atoms. The topological polar surface area (TPSA) is 47.7 Å². The van der Waals surface area contributed by atoms with E-state index in [1.807, 2.05) is 12.1 Å². The van der Waals surface area contributed by atoms with E-state index in [0.29, 0.717) is 18.4 Å².